The molecule has 2 aromatic rings. The zero-order valence-corrected chi connectivity index (χ0v) is 13.1. The minimum Gasteiger partial charge on any atom is -0.481 e. The molecule has 2 heterocycles. The fourth-order valence-corrected chi connectivity index (χ4v) is 3.24. The van der Waals surface area contributed by atoms with E-state index in [1.807, 2.05) is 30.3 Å². The average Bonchev–Trinajstić information content (AvgIpc) is 3.10. The Hall–Kier alpha value is -2.63. The number of rotatable bonds is 3. The van der Waals surface area contributed by atoms with Crippen molar-refractivity contribution in [1.82, 2.24) is 14.7 Å². The molecule has 2 atom stereocenters. The number of aromatic nitrogens is 2. The Morgan fingerprint density at radius 3 is 2.57 bits per heavy atom. The predicted octanol–water partition coefficient (Wildman–Crippen LogP) is 2.02. The molecular weight excluding hydrogens is 294 g/mol. The molecule has 2 unspecified atom stereocenters. The van der Waals surface area contributed by atoms with E-state index < -0.39 is 11.9 Å². The van der Waals surface area contributed by atoms with Crippen LogP contribution in [0, 0.1) is 5.92 Å². The van der Waals surface area contributed by atoms with Crippen molar-refractivity contribution in [1.29, 1.82) is 0 Å². The number of benzene rings is 1. The van der Waals surface area contributed by atoms with Crippen LogP contribution in [0.25, 0.3) is 11.3 Å². The second-order valence-electron chi connectivity index (χ2n) is 5.87. The van der Waals surface area contributed by atoms with E-state index in [0.29, 0.717) is 18.5 Å². The van der Waals surface area contributed by atoms with Gasteiger partial charge in [-0.05, 0) is 13.3 Å². The van der Waals surface area contributed by atoms with Gasteiger partial charge < -0.3 is 10.0 Å². The van der Waals surface area contributed by atoms with Crippen molar-refractivity contribution in [3.05, 3.63) is 42.1 Å². The van der Waals surface area contributed by atoms with E-state index in [-0.39, 0.29) is 11.9 Å². The summed E-state index contributed by atoms with van der Waals surface area (Å²) in [5.74, 6) is -1.51. The van der Waals surface area contributed by atoms with Gasteiger partial charge in [-0.25, -0.2) is 0 Å². The van der Waals surface area contributed by atoms with Crippen molar-refractivity contribution in [2.24, 2.45) is 13.0 Å². The highest BCUT2D eigenvalue weighted by Gasteiger charge is 2.39. The van der Waals surface area contributed by atoms with Crippen molar-refractivity contribution in [2.75, 3.05) is 6.54 Å². The lowest BCUT2D eigenvalue weighted by Crippen LogP contribution is -2.37. The highest BCUT2D eigenvalue weighted by molar-refractivity contribution is 6.00. The SMILES string of the molecule is CC1C(C(=O)O)CCN1C(=O)c1cnn(C)c1-c1ccccc1. The van der Waals surface area contributed by atoms with Crippen LogP contribution < -0.4 is 0 Å². The van der Waals surface area contributed by atoms with Crippen LogP contribution in [0.3, 0.4) is 0 Å². The molecule has 1 aromatic heterocycles. The standard InChI is InChI=1S/C17H19N3O3/c1-11-13(17(22)23)8-9-20(11)16(21)14-10-18-19(2)15(14)12-6-4-3-5-7-12/h3-7,10-11,13H,8-9H2,1-2H3,(H,22,23). The van der Waals surface area contributed by atoms with Crippen molar-refractivity contribution in [2.45, 2.75) is 19.4 Å². The summed E-state index contributed by atoms with van der Waals surface area (Å²) in [7, 11) is 1.80. The predicted molar refractivity (Wildman–Crippen MR) is 84.9 cm³/mol. The van der Waals surface area contributed by atoms with Crippen LogP contribution in [0.4, 0.5) is 0 Å². The third kappa shape index (κ3) is 2.60. The van der Waals surface area contributed by atoms with Crippen molar-refractivity contribution >= 4 is 11.9 Å². The first kappa shape index (κ1) is 15.3. The van der Waals surface area contributed by atoms with Gasteiger partial charge in [-0.3, -0.25) is 14.3 Å². The van der Waals surface area contributed by atoms with Crippen LogP contribution in [-0.4, -0.2) is 44.3 Å². The molecule has 0 saturated carbocycles. The van der Waals surface area contributed by atoms with Gasteiger partial charge in [-0.15, -0.1) is 0 Å². The number of carbonyl (C=O) groups is 2. The molecule has 23 heavy (non-hydrogen) atoms. The summed E-state index contributed by atoms with van der Waals surface area (Å²) in [6.07, 6.45) is 2.05. The van der Waals surface area contributed by atoms with Gasteiger partial charge in [0, 0.05) is 25.2 Å². The van der Waals surface area contributed by atoms with E-state index in [0.717, 1.165) is 11.3 Å². The Balaban J connectivity index is 1.95. The van der Waals surface area contributed by atoms with Crippen molar-refractivity contribution < 1.29 is 14.7 Å². The number of hydrogen-bond acceptors (Lipinski definition) is 3. The van der Waals surface area contributed by atoms with Gasteiger partial charge in [0.1, 0.15) is 0 Å². The maximum atomic E-state index is 12.9. The number of nitrogens with zero attached hydrogens (tertiary/aromatic N) is 3. The average molecular weight is 313 g/mol. The number of likely N-dealkylation sites (tertiary alicyclic amines) is 1. The summed E-state index contributed by atoms with van der Waals surface area (Å²) in [4.78, 5) is 25.8. The summed E-state index contributed by atoms with van der Waals surface area (Å²) < 4.78 is 1.68. The first-order chi connectivity index (χ1) is 11.0. The summed E-state index contributed by atoms with van der Waals surface area (Å²) in [5, 5.41) is 13.5. The topological polar surface area (TPSA) is 75.4 Å². The maximum Gasteiger partial charge on any atom is 0.308 e. The third-order valence-electron chi connectivity index (χ3n) is 4.55. The molecule has 1 aliphatic rings. The molecule has 1 fully saturated rings. The summed E-state index contributed by atoms with van der Waals surface area (Å²) >= 11 is 0. The molecule has 3 rings (SSSR count). The third-order valence-corrected chi connectivity index (χ3v) is 4.55. The van der Waals surface area contributed by atoms with Gasteiger partial charge in [0.05, 0.1) is 23.4 Å². The Bertz CT molecular complexity index is 739. The normalized spacial score (nSPS) is 20.7. The smallest absolute Gasteiger partial charge is 0.308 e. The van der Waals surface area contributed by atoms with Crippen LogP contribution in [0.1, 0.15) is 23.7 Å². The molecule has 120 valence electrons. The molecule has 0 spiro atoms. The van der Waals surface area contributed by atoms with Crippen molar-refractivity contribution in [3.8, 4) is 11.3 Å². The number of amides is 1. The highest BCUT2D eigenvalue weighted by Crippen LogP contribution is 2.29. The number of hydrogen-bond donors (Lipinski definition) is 1. The van der Waals surface area contributed by atoms with Crippen LogP contribution in [0.5, 0.6) is 0 Å². The zero-order valence-electron chi connectivity index (χ0n) is 13.1. The lowest BCUT2D eigenvalue weighted by molar-refractivity contribution is -0.142. The fraction of sp³-hybridized carbons (Fsp3) is 0.353. The molecule has 0 radical (unpaired) electrons. The Morgan fingerprint density at radius 1 is 1.26 bits per heavy atom. The van der Waals surface area contributed by atoms with Crippen LogP contribution in [0.2, 0.25) is 0 Å². The van der Waals surface area contributed by atoms with Gasteiger partial charge in [-0.1, -0.05) is 30.3 Å². The van der Waals surface area contributed by atoms with E-state index in [4.69, 9.17) is 0 Å². The molecule has 1 N–H and O–H groups in total. The Labute approximate surface area is 134 Å². The monoisotopic (exact) mass is 313 g/mol. The fourth-order valence-electron chi connectivity index (χ4n) is 3.24. The first-order valence-electron chi connectivity index (χ1n) is 7.62. The van der Waals surface area contributed by atoms with Gasteiger partial charge in [-0.2, -0.15) is 5.10 Å². The molecule has 1 aliphatic heterocycles. The molecule has 1 saturated heterocycles. The Kier molecular flexibility index (Phi) is 3.90. The molecule has 6 heteroatoms. The van der Waals surface area contributed by atoms with E-state index >= 15 is 0 Å². The Morgan fingerprint density at radius 2 is 1.96 bits per heavy atom. The highest BCUT2D eigenvalue weighted by atomic mass is 16.4. The van der Waals surface area contributed by atoms with E-state index in [2.05, 4.69) is 5.10 Å². The second kappa shape index (κ2) is 5.87. The minimum atomic E-state index is -0.845. The van der Waals surface area contributed by atoms with E-state index in [9.17, 15) is 14.7 Å². The molecule has 0 bridgehead atoms. The summed E-state index contributed by atoms with van der Waals surface area (Å²) in [6.45, 7) is 2.25. The lowest BCUT2D eigenvalue weighted by atomic mass is 10.0. The molecule has 1 amide bonds. The largest absolute Gasteiger partial charge is 0.481 e. The number of carboxylic acids is 1. The first-order valence-corrected chi connectivity index (χ1v) is 7.62. The van der Waals surface area contributed by atoms with E-state index in [1.54, 1.807) is 29.7 Å². The molecule has 1 aromatic carbocycles. The van der Waals surface area contributed by atoms with Crippen LogP contribution in [-0.2, 0) is 11.8 Å². The van der Waals surface area contributed by atoms with E-state index in [1.165, 1.54) is 0 Å². The second-order valence-corrected chi connectivity index (χ2v) is 5.87. The molecule has 6 nitrogen and oxygen atoms in total. The zero-order chi connectivity index (χ0) is 16.6. The van der Waals surface area contributed by atoms with Gasteiger partial charge in [0.25, 0.3) is 5.91 Å². The van der Waals surface area contributed by atoms with Crippen molar-refractivity contribution in [3.63, 3.8) is 0 Å². The quantitative estimate of drug-likeness (QED) is 0.940. The number of carboxylic acid groups (broad SMARTS) is 1. The van der Waals surface area contributed by atoms with Gasteiger partial charge in [0.2, 0.25) is 0 Å². The summed E-state index contributed by atoms with van der Waals surface area (Å²) in [6, 6.07) is 9.29. The summed E-state index contributed by atoms with van der Waals surface area (Å²) in [5.41, 5.74) is 2.18. The van der Waals surface area contributed by atoms with Gasteiger partial charge in [0.15, 0.2) is 0 Å². The number of aliphatic carboxylic acids is 1. The minimum absolute atomic E-state index is 0.159. The number of aryl methyl sites for hydroxylation is 1. The molecule has 0 aliphatic carbocycles. The number of carbonyl (C=O) groups excluding carboxylic acids is 1. The van der Waals surface area contributed by atoms with Gasteiger partial charge >= 0.3 is 5.97 Å². The molecular formula is C17H19N3O3. The lowest BCUT2D eigenvalue weighted by Gasteiger charge is -2.23. The maximum absolute atomic E-state index is 12.9. The van der Waals surface area contributed by atoms with Crippen LogP contribution >= 0.6 is 0 Å². The van der Waals surface area contributed by atoms with Crippen LogP contribution in [0.15, 0.2) is 36.5 Å².